The van der Waals surface area contributed by atoms with Crippen LogP contribution in [-0.2, 0) is 5.54 Å². The minimum Gasteiger partial charge on any atom is -0.496 e. The summed E-state index contributed by atoms with van der Waals surface area (Å²) in [5.74, 6) is 0.983. The molecule has 1 unspecified atom stereocenters. The molecule has 1 atom stereocenters. The zero-order valence-corrected chi connectivity index (χ0v) is 13.1. The van der Waals surface area contributed by atoms with E-state index in [1.54, 1.807) is 7.11 Å². The van der Waals surface area contributed by atoms with Gasteiger partial charge in [-0.2, -0.15) is 0 Å². The van der Waals surface area contributed by atoms with Crippen LogP contribution in [0.25, 0.3) is 0 Å². The van der Waals surface area contributed by atoms with Crippen LogP contribution in [0.5, 0.6) is 5.75 Å². The summed E-state index contributed by atoms with van der Waals surface area (Å²) in [7, 11) is 6.17. The van der Waals surface area contributed by atoms with Gasteiger partial charge in [0.1, 0.15) is 5.75 Å². The highest BCUT2D eigenvalue weighted by Crippen LogP contribution is 2.36. The van der Waals surface area contributed by atoms with Gasteiger partial charge in [-0.25, -0.2) is 0 Å². The molecule has 3 heteroatoms. The minimum absolute atomic E-state index is 0.0775. The third-order valence-corrected chi connectivity index (χ3v) is 4.78. The first-order valence-corrected chi connectivity index (χ1v) is 6.94. The van der Waals surface area contributed by atoms with Gasteiger partial charge in [0.15, 0.2) is 0 Å². The van der Waals surface area contributed by atoms with Gasteiger partial charge in [-0.1, -0.05) is 6.07 Å². The van der Waals surface area contributed by atoms with Crippen molar-refractivity contribution in [3.8, 4) is 5.75 Å². The second-order valence-corrected chi connectivity index (χ2v) is 6.00. The van der Waals surface area contributed by atoms with Crippen LogP contribution in [0.4, 0.5) is 0 Å². The lowest BCUT2D eigenvalue weighted by Crippen LogP contribution is -2.56. The topological polar surface area (TPSA) is 15.7 Å². The number of nitrogens with zero attached hydrogens (tertiary/aromatic N) is 2. The molecule has 1 heterocycles. The van der Waals surface area contributed by atoms with Crippen LogP contribution in [0.2, 0.25) is 0 Å². The number of ether oxygens (including phenoxy) is 1. The number of piperazine rings is 1. The van der Waals surface area contributed by atoms with E-state index in [-0.39, 0.29) is 5.54 Å². The number of methoxy groups -OCH3 is 1. The molecule has 1 aromatic carbocycles. The Morgan fingerprint density at radius 2 is 1.79 bits per heavy atom. The second kappa shape index (κ2) is 5.14. The van der Waals surface area contributed by atoms with Gasteiger partial charge in [-0.3, -0.25) is 4.90 Å². The molecule has 1 saturated heterocycles. The highest BCUT2D eigenvalue weighted by molar-refractivity contribution is 5.46. The van der Waals surface area contributed by atoms with Gasteiger partial charge in [0.25, 0.3) is 0 Å². The van der Waals surface area contributed by atoms with Crippen molar-refractivity contribution in [1.82, 2.24) is 9.80 Å². The fraction of sp³-hybridized carbons (Fsp3) is 0.625. The summed E-state index contributed by atoms with van der Waals surface area (Å²) in [5.41, 5.74) is 4.10. The Bertz CT molecular complexity index is 472. The third kappa shape index (κ3) is 2.37. The van der Waals surface area contributed by atoms with Crippen molar-refractivity contribution in [1.29, 1.82) is 0 Å². The molecule has 0 radical (unpaired) electrons. The van der Waals surface area contributed by atoms with Crippen LogP contribution < -0.4 is 4.74 Å². The molecule has 3 nitrogen and oxygen atoms in total. The van der Waals surface area contributed by atoms with E-state index in [9.17, 15) is 0 Å². The van der Waals surface area contributed by atoms with E-state index in [4.69, 9.17) is 4.74 Å². The monoisotopic (exact) mass is 262 g/mol. The molecular weight excluding hydrogens is 236 g/mol. The summed E-state index contributed by atoms with van der Waals surface area (Å²) in [5, 5.41) is 0. The van der Waals surface area contributed by atoms with Gasteiger partial charge in [0.05, 0.1) is 12.6 Å². The van der Waals surface area contributed by atoms with E-state index in [2.05, 4.69) is 56.8 Å². The maximum absolute atomic E-state index is 5.42. The summed E-state index contributed by atoms with van der Waals surface area (Å²) in [6.45, 7) is 10.0. The fourth-order valence-electron chi connectivity index (χ4n) is 3.18. The zero-order chi connectivity index (χ0) is 14.2. The molecular formula is C16H26N2O. The number of hydrogen-bond donors (Lipinski definition) is 0. The predicted octanol–water partition coefficient (Wildman–Crippen LogP) is 2.40. The van der Waals surface area contributed by atoms with Crippen molar-refractivity contribution < 1.29 is 4.74 Å². The lowest BCUT2D eigenvalue weighted by atomic mass is 9.83. The normalized spacial score (nSPS) is 25.6. The first kappa shape index (κ1) is 14.4. The van der Waals surface area contributed by atoms with Crippen LogP contribution in [-0.4, -0.2) is 50.6 Å². The maximum atomic E-state index is 5.42. The third-order valence-electron chi connectivity index (χ3n) is 4.78. The zero-order valence-electron chi connectivity index (χ0n) is 13.1. The summed E-state index contributed by atoms with van der Waals surface area (Å²) in [6, 6.07) is 4.34. The van der Waals surface area contributed by atoms with Gasteiger partial charge in [-0.05, 0) is 57.6 Å². The molecule has 0 saturated carbocycles. The van der Waals surface area contributed by atoms with Crippen molar-refractivity contribution in [2.24, 2.45) is 0 Å². The Morgan fingerprint density at radius 1 is 1.11 bits per heavy atom. The average Bonchev–Trinajstić information content (AvgIpc) is 2.37. The Labute approximate surface area is 117 Å². The Morgan fingerprint density at radius 3 is 2.42 bits per heavy atom. The number of hydrogen-bond acceptors (Lipinski definition) is 3. The molecule has 0 bridgehead atoms. The quantitative estimate of drug-likeness (QED) is 0.814. The van der Waals surface area contributed by atoms with Gasteiger partial charge < -0.3 is 9.64 Å². The van der Waals surface area contributed by atoms with Gasteiger partial charge in [0.2, 0.25) is 0 Å². The predicted molar refractivity (Wildman–Crippen MR) is 79.9 cm³/mol. The van der Waals surface area contributed by atoms with E-state index in [0.717, 1.165) is 25.4 Å². The summed E-state index contributed by atoms with van der Waals surface area (Å²) < 4.78 is 5.42. The van der Waals surface area contributed by atoms with Crippen molar-refractivity contribution in [3.05, 3.63) is 28.8 Å². The van der Waals surface area contributed by atoms with Crippen LogP contribution in [0.3, 0.4) is 0 Å². The van der Waals surface area contributed by atoms with Crippen molar-refractivity contribution in [2.45, 2.75) is 26.3 Å². The Hall–Kier alpha value is -1.06. The Balaban J connectivity index is 2.48. The highest BCUT2D eigenvalue weighted by Gasteiger charge is 2.37. The molecule has 0 amide bonds. The first-order chi connectivity index (χ1) is 8.90. The largest absolute Gasteiger partial charge is 0.496 e. The van der Waals surface area contributed by atoms with Crippen molar-refractivity contribution in [2.75, 3.05) is 40.8 Å². The van der Waals surface area contributed by atoms with E-state index in [0.29, 0.717) is 0 Å². The number of benzene rings is 1. The van der Waals surface area contributed by atoms with E-state index in [1.807, 2.05) is 0 Å². The fourth-order valence-corrected chi connectivity index (χ4v) is 3.18. The van der Waals surface area contributed by atoms with Gasteiger partial charge >= 0.3 is 0 Å². The summed E-state index contributed by atoms with van der Waals surface area (Å²) in [4.78, 5) is 4.89. The van der Waals surface area contributed by atoms with E-state index < -0.39 is 0 Å². The van der Waals surface area contributed by atoms with Crippen LogP contribution in [0, 0.1) is 13.8 Å². The van der Waals surface area contributed by atoms with E-state index >= 15 is 0 Å². The molecule has 1 aliphatic rings. The average molecular weight is 262 g/mol. The molecule has 0 spiro atoms. The lowest BCUT2D eigenvalue weighted by molar-refractivity contribution is 0.0374. The molecule has 0 N–H and O–H groups in total. The maximum Gasteiger partial charge on any atom is 0.122 e. The summed E-state index contributed by atoms with van der Waals surface area (Å²) in [6.07, 6.45) is 0. The lowest BCUT2D eigenvalue weighted by Gasteiger charge is -2.47. The van der Waals surface area contributed by atoms with Crippen LogP contribution in [0.15, 0.2) is 12.1 Å². The summed E-state index contributed by atoms with van der Waals surface area (Å²) >= 11 is 0. The number of rotatable bonds is 2. The molecule has 106 valence electrons. The molecule has 19 heavy (non-hydrogen) atoms. The minimum atomic E-state index is 0.0775. The highest BCUT2D eigenvalue weighted by atomic mass is 16.5. The standard InChI is InChI=1S/C16H26N2O/c1-12-13(2)15(19-6)8-7-14(12)16(3)11-17(4)9-10-18(16)5/h7-8H,9-11H2,1-6H3. The van der Waals surface area contributed by atoms with Crippen LogP contribution in [0.1, 0.15) is 23.6 Å². The SMILES string of the molecule is COc1ccc(C2(C)CN(C)CCN2C)c(C)c1C. The Kier molecular flexibility index (Phi) is 3.88. The molecule has 1 aromatic rings. The van der Waals surface area contributed by atoms with Crippen molar-refractivity contribution >= 4 is 0 Å². The van der Waals surface area contributed by atoms with Crippen molar-refractivity contribution in [3.63, 3.8) is 0 Å². The smallest absolute Gasteiger partial charge is 0.122 e. The second-order valence-electron chi connectivity index (χ2n) is 6.00. The molecule has 1 fully saturated rings. The molecule has 0 aromatic heterocycles. The number of likely N-dealkylation sites (N-methyl/N-ethyl adjacent to an activating group) is 2. The van der Waals surface area contributed by atoms with Gasteiger partial charge in [0, 0.05) is 19.6 Å². The van der Waals surface area contributed by atoms with E-state index in [1.165, 1.54) is 16.7 Å². The van der Waals surface area contributed by atoms with Crippen LogP contribution >= 0.6 is 0 Å². The molecule has 2 rings (SSSR count). The molecule has 0 aliphatic carbocycles. The first-order valence-electron chi connectivity index (χ1n) is 6.94. The molecule has 1 aliphatic heterocycles. The van der Waals surface area contributed by atoms with Gasteiger partial charge in [-0.15, -0.1) is 0 Å².